The van der Waals surface area contributed by atoms with Gasteiger partial charge < -0.3 is 9.84 Å². The topological polar surface area (TPSA) is 97.5 Å². The van der Waals surface area contributed by atoms with Crippen LogP contribution in [0.5, 0.6) is 0 Å². The van der Waals surface area contributed by atoms with Crippen molar-refractivity contribution in [3.63, 3.8) is 0 Å². The number of nitrogens with one attached hydrogen (secondary N) is 2. The molecule has 0 bridgehead atoms. The van der Waals surface area contributed by atoms with Crippen LogP contribution in [0.15, 0.2) is 47.1 Å². The molecule has 2 N–H and O–H groups in total. The Bertz CT molecular complexity index is 1270. The second kappa shape index (κ2) is 6.10. The molecule has 0 aliphatic rings. The molecule has 0 saturated carbocycles. The van der Waals surface area contributed by atoms with E-state index in [0.717, 1.165) is 39.1 Å². The van der Waals surface area contributed by atoms with Gasteiger partial charge in [-0.15, -0.1) is 0 Å². The van der Waals surface area contributed by atoms with E-state index in [-0.39, 0.29) is 0 Å². The fourth-order valence-electron chi connectivity index (χ4n) is 3.05. The van der Waals surface area contributed by atoms with Gasteiger partial charge in [0, 0.05) is 23.3 Å². The fraction of sp³-hybridized carbons (Fsp3) is 0.111. The summed E-state index contributed by atoms with van der Waals surface area (Å²) in [4.78, 5) is 4.36. The van der Waals surface area contributed by atoms with Crippen molar-refractivity contribution in [1.82, 2.24) is 30.1 Å². The third-order valence-corrected chi connectivity index (χ3v) is 4.55. The third-order valence-electron chi connectivity index (χ3n) is 4.27. The summed E-state index contributed by atoms with van der Waals surface area (Å²) in [6.07, 6.45) is 1.73. The summed E-state index contributed by atoms with van der Waals surface area (Å²) in [6.45, 7) is 2.34. The summed E-state index contributed by atoms with van der Waals surface area (Å²) >= 11 is 6.36. The van der Waals surface area contributed by atoms with Crippen molar-refractivity contribution in [2.45, 2.75) is 13.5 Å². The van der Waals surface area contributed by atoms with Crippen LogP contribution < -0.4 is 5.32 Å². The van der Waals surface area contributed by atoms with E-state index < -0.39 is 0 Å². The molecule has 9 heteroatoms. The number of anilines is 2. The first kappa shape index (κ1) is 15.8. The second-order valence-electron chi connectivity index (χ2n) is 6.21. The molecular formula is C18H14ClN7O. The second-order valence-corrected chi connectivity index (χ2v) is 6.57. The molecule has 8 nitrogen and oxygen atoms in total. The fourth-order valence-corrected chi connectivity index (χ4v) is 3.30. The highest BCUT2D eigenvalue weighted by Crippen LogP contribution is 2.29. The molecule has 5 rings (SSSR count). The standard InChI is InChI=1S/C18H14ClN7O/c1-10-7-12(27-25-10)9-26-15-5-4-11(8-13(15)17(19)24-26)21-18-16-14(22-23-18)3-2-6-20-16/h2-8H,9H2,1H3,(H2,21,22,23). The Morgan fingerprint density at radius 1 is 1.26 bits per heavy atom. The van der Waals surface area contributed by atoms with Crippen LogP contribution >= 0.6 is 11.6 Å². The number of pyridine rings is 1. The Labute approximate surface area is 158 Å². The molecular weight excluding hydrogens is 366 g/mol. The summed E-state index contributed by atoms with van der Waals surface area (Å²) in [5, 5.41) is 20.1. The Balaban J connectivity index is 1.49. The van der Waals surface area contributed by atoms with Crippen molar-refractivity contribution in [2.24, 2.45) is 0 Å². The zero-order chi connectivity index (χ0) is 18.4. The average Bonchev–Trinajstić information content (AvgIpc) is 3.35. The molecule has 27 heavy (non-hydrogen) atoms. The molecule has 0 spiro atoms. The van der Waals surface area contributed by atoms with E-state index in [4.69, 9.17) is 16.1 Å². The smallest absolute Gasteiger partial charge is 0.178 e. The first-order chi connectivity index (χ1) is 13.2. The maximum Gasteiger partial charge on any atom is 0.178 e. The molecule has 4 aromatic heterocycles. The maximum atomic E-state index is 6.36. The van der Waals surface area contributed by atoms with Crippen LogP contribution in [0.3, 0.4) is 0 Å². The van der Waals surface area contributed by atoms with Crippen molar-refractivity contribution in [3.8, 4) is 0 Å². The lowest BCUT2D eigenvalue weighted by molar-refractivity contribution is 0.370. The van der Waals surface area contributed by atoms with Gasteiger partial charge in [0.25, 0.3) is 0 Å². The Kier molecular flexibility index (Phi) is 3.58. The number of aromatic amines is 1. The minimum atomic E-state index is 0.426. The molecule has 0 amide bonds. The zero-order valence-corrected chi connectivity index (χ0v) is 15.0. The van der Waals surface area contributed by atoms with Gasteiger partial charge in [0.1, 0.15) is 12.1 Å². The van der Waals surface area contributed by atoms with Gasteiger partial charge in [-0.3, -0.25) is 14.8 Å². The van der Waals surface area contributed by atoms with E-state index in [2.05, 4.69) is 30.8 Å². The summed E-state index contributed by atoms with van der Waals surface area (Å²) in [5.74, 6) is 1.38. The lowest BCUT2D eigenvalue weighted by Crippen LogP contribution is -2.00. The summed E-state index contributed by atoms with van der Waals surface area (Å²) in [5.41, 5.74) is 4.23. The van der Waals surface area contributed by atoms with Gasteiger partial charge in [-0.2, -0.15) is 10.2 Å². The number of halogens is 1. The molecule has 0 unspecified atom stereocenters. The quantitative estimate of drug-likeness (QED) is 0.489. The van der Waals surface area contributed by atoms with Gasteiger partial charge >= 0.3 is 0 Å². The Morgan fingerprint density at radius 2 is 2.19 bits per heavy atom. The summed E-state index contributed by atoms with van der Waals surface area (Å²) in [7, 11) is 0. The van der Waals surface area contributed by atoms with Gasteiger partial charge in [-0.05, 0) is 37.3 Å². The van der Waals surface area contributed by atoms with E-state index in [9.17, 15) is 0 Å². The molecule has 0 saturated heterocycles. The van der Waals surface area contributed by atoms with Crippen LogP contribution in [-0.2, 0) is 6.54 Å². The first-order valence-electron chi connectivity index (χ1n) is 8.32. The van der Waals surface area contributed by atoms with E-state index in [1.165, 1.54) is 0 Å². The number of hydrogen-bond acceptors (Lipinski definition) is 6. The lowest BCUT2D eigenvalue weighted by Gasteiger charge is -2.04. The predicted molar refractivity (Wildman–Crippen MR) is 102 cm³/mol. The summed E-state index contributed by atoms with van der Waals surface area (Å²) < 4.78 is 7.07. The minimum absolute atomic E-state index is 0.426. The summed E-state index contributed by atoms with van der Waals surface area (Å²) in [6, 6.07) is 11.5. The number of rotatable bonds is 4. The van der Waals surface area contributed by atoms with Crippen molar-refractivity contribution >= 4 is 45.0 Å². The van der Waals surface area contributed by atoms with Gasteiger partial charge in [-0.1, -0.05) is 16.8 Å². The molecule has 0 atom stereocenters. The first-order valence-corrected chi connectivity index (χ1v) is 8.69. The average molecular weight is 380 g/mol. The predicted octanol–water partition coefficient (Wildman–Crippen LogP) is 4.05. The molecule has 5 aromatic rings. The van der Waals surface area contributed by atoms with Crippen molar-refractivity contribution in [2.75, 3.05) is 5.32 Å². The van der Waals surface area contributed by atoms with Crippen LogP contribution in [0.2, 0.25) is 5.15 Å². The number of nitrogens with zero attached hydrogens (tertiary/aromatic N) is 5. The zero-order valence-electron chi connectivity index (χ0n) is 14.3. The number of aromatic nitrogens is 6. The number of hydrogen-bond donors (Lipinski definition) is 2. The van der Waals surface area contributed by atoms with Crippen molar-refractivity contribution in [3.05, 3.63) is 59.2 Å². The molecule has 4 heterocycles. The minimum Gasteiger partial charge on any atom is -0.359 e. The maximum absolute atomic E-state index is 6.36. The van der Waals surface area contributed by atoms with Crippen LogP contribution in [-0.4, -0.2) is 30.1 Å². The van der Waals surface area contributed by atoms with Crippen LogP contribution in [0.1, 0.15) is 11.5 Å². The molecule has 0 aliphatic heterocycles. The number of aryl methyl sites for hydroxylation is 1. The van der Waals surface area contributed by atoms with Crippen molar-refractivity contribution in [1.29, 1.82) is 0 Å². The van der Waals surface area contributed by atoms with E-state index in [0.29, 0.717) is 17.5 Å². The monoisotopic (exact) mass is 379 g/mol. The van der Waals surface area contributed by atoms with Crippen LogP contribution in [0.25, 0.3) is 21.9 Å². The molecule has 134 valence electrons. The SMILES string of the molecule is Cc1cc(Cn2nc(Cl)c3cc(Nc4n[nH]c5cccnc45)ccc32)on1. The Morgan fingerprint density at radius 3 is 3.04 bits per heavy atom. The largest absolute Gasteiger partial charge is 0.359 e. The van der Waals surface area contributed by atoms with Gasteiger partial charge in [0.2, 0.25) is 0 Å². The van der Waals surface area contributed by atoms with E-state index >= 15 is 0 Å². The van der Waals surface area contributed by atoms with Crippen LogP contribution in [0, 0.1) is 6.92 Å². The van der Waals surface area contributed by atoms with E-state index in [1.807, 2.05) is 43.3 Å². The molecule has 1 aromatic carbocycles. The van der Waals surface area contributed by atoms with Gasteiger partial charge in [0.15, 0.2) is 16.7 Å². The van der Waals surface area contributed by atoms with Gasteiger partial charge in [-0.25, -0.2) is 0 Å². The highest BCUT2D eigenvalue weighted by Gasteiger charge is 2.13. The normalized spacial score (nSPS) is 11.5. The number of benzene rings is 1. The molecule has 0 radical (unpaired) electrons. The highest BCUT2D eigenvalue weighted by atomic mass is 35.5. The van der Waals surface area contributed by atoms with Crippen molar-refractivity contribution < 1.29 is 4.52 Å². The number of fused-ring (bicyclic) bond motifs is 2. The number of H-pyrrole nitrogens is 1. The highest BCUT2D eigenvalue weighted by molar-refractivity contribution is 6.34. The molecule has 0 aliphatic carbocycles. The van der Waals surface area contributed by atoms with Gasteiger partial charge in [0.05, 0.1) is 16.7 Å². The van der Waals surface area contributed by atoms with Crippen LogP contribution in [0.4, 0.5) is 11.5 Å². The Hall–Kier alpha value is -3.39. The third kappa shape index (κ3) is 2.80. The lowest BCUT2D eigenvalue weighted by atomic mass is 10.2. The molecule has 0 fully saturated rings. The van der Waals surface area contributed by atoms with E-state index in [1.54, 1.807) is 10.9 Å².